The Morgan fingerprint density at radius 3 is 2.70 bits per heavy atom. The molecule has 1 N–H and O–H groups in total. The minimum atomic E-state index is 0.163. The molecule has 20 heavy (non-hydrogen) atoms. The van der Waals surface area contributed by atoms with Crippen molar-refractivity contribution in [2.45, 2.75) is 56.6 Å². The molecular formula is C16H21Br2NO. The largest absolute Gasteiger partial charge is 0.381 e. The fraction of sp³-hybridized carbons (Fsp3) is 0.625. The van der Waals surface area contributed by atoms with Gasteiger partial charge in [0, 0.05) is 27.3 Å². The number of hydrogen-bond acceptors (Lipinski definition) is 2. The molecule has 1 aliphatic carbocycles. The van der Waals surface area contributed by atoms with Crippen molar-refractivity contribution in [3.05, 3.63) is 27.1 Å². The minimum absolute atomic E-state index is 0.163. The summed E-state index contributed by atoms with van der Waals surface area (Å²) < 4.78 is 8.39. The summed E-state index contributed by atoms with van der Waals surface area (Å²) in [7, 11) is 0. The van der Waals surface area contributed by atoms with Crippen LogP contribution in [0.25, 0.3) is 0 Å². The maximum absolute atomic E-state index is 6.16. The van der Waals surface area contributed by atoms with Gasteiger partial charge in [-0.15, -0.1) is 0 Å². The Hall–Kier alpha value is -0.0600. The average molecular weight is 403 g/mol. The van der Waals surface area contributed by atoms with Crippen LogP contribution in [-0.4, -0.2) is 18.2 Å². The van der Waals surface area contributed by atoms with Crippen molar-refractivity contribution < 1.29 is 4.74 Å². The van der Waals surface area contributed by atoms with Gasteiger partial charge in [-0.3, -0.25) is 0 Å². The number of benzene rings is 1. The van der Waals surface area contributed by atoms with E-state index < -0.39 is 0 Å². The molecule has 2 fully saturated rings. The van der Waals surface area contributed by atoms with Gasteiger partial charge in [-0.25, -0.2) is 0 Å². The van der Waals surface area contributed by atoms with Gasteiger partial charge in [0.1, 0.15) is 0 Å². The number of nitrogens with one attached hydrogen (secondary N) is 1. The lowest BCUT2D eigenvalue weighted by Crippen LogP contribution is -2.45. The zero-order valence-electron chi connectivity index (χ0n) is 11.6. The van der Waals surface area contributed by atoms with Crippen molar-refractivity contribution in [1.29, 1.82) is 0 Å². The first-order valence-corrected chi connectivity index (χ1v) is 9.11. The van der Waals surface area contributed by atoms with Crippen molar-refractivity contribution in [2.24, 2.45) is 0 Å². The van der Waals surface area contributed by atoms with Gasteiger partial charge in [0.2, 0.25) is 0 Å². The van der Waals surface area contributed by atoms with E-state index in [-0.39, 0.29) is 5.60 Å². The van der Waals surface area contributed by atoms with Crippen LogP contribution in [0, 0.1) is 0 Å². The molecule has 1 aromatic rings. The van der Waals surface area contributed by atoms with Crippen molar-refractivity contribution in [1.82, 2.24) is 0 Å². The van der Waals surface area contributed by atoms with Crippen LogP contribution in [0.3, 0.4) is 0 Å². The fourth-order valence-corrected chi connectivity index (χ4v) is 4.68. The van der Waals surface area contributed by atoms with Gasteiger partial charge in [-0.2, -0.15) is 0 Å². The van der Waals surface area contributed by atoms with E-state index in [0.717, 1.165) is 28.4 Å². The van der Waals surface area contributed by atoms with E-state index in [1.165, 1.54) is 37.8 Å². The number of hydrogen-bond donors (Lipinski definition) is 1. The molecular weight excluding hydrogens is 382 g/mol. The number of halogens is 2. The van der Waals surface area contributed by atoms with Gasteiger partial charge in [0.25, 0.3) is 0 Å². The molecule has 1 aromatic carbocycles. The summed E-state index contributed by atoms with van der Waals surface area (Å²) in [5.74, 6) is 0. The molecule has 1 unspecified atom stereocenters. The van der Waals surface area contributed by atoms with Crippen molar-refractivity contribution in [2.75, 3.05) is 11.9 Å². The Morgan fingerprint density at radius 2 is 1.95 bits per heavy atom. The average Bonchev–Trinajstić information content (AvgIpc) is 2.43. The molecule has 1 saturated heterocycles. The zero-order chi connectivity index (χ0) is 14.0. The topological polar surface area (TPSA) is 21.3 Å². The molecule has 1 atom stereocenters. The third-order valence-corrected chi connectivity index (χ3v) is 5.70. The molecule has 2 nitrogen and oxygen atoms in total. The summed E-state index contributed by atoms with van der Waals surface area (Å²) >= 11 is 7.14. The third kappa shape index (κ3) is 3.40. The molecule has 0 radical (unpaired) electrons. The standard InChI is InChI=1S/C16H21Br2NO/c17-12-4-5-15(14(18)10-12)19-13-6-9-20-16(11-13)7-2-1-3-8-16/h4-5,10,13,19H,1-3,6-9,11H2. The SMILES string of the molecule is Brc1ccc(NC2CCOC3(CCCCC3)C2)c(Br)c1. The van der Waals surface area contributed by atoms with E-state index in [4.69, 9.17) is 4.74 Å². The monoisotopic (exact) mass is 401 g/mol. The van der Waals surface area contributed by atoms with Gasteiger partial charge in [-0.05, 0) is 59.8 Å². The Bertz CT molecular complexity index is 466. The van der Waals surface area contributed by atoms with Gasteiger partial charge in [0.05, 0.1) is 5.60 Å². The Kier molecular flexibility index (Phi) is 4.73. The van der Waals surface area contributed by atoms with Crippen LogP contribution in [0.4, 0.5) is 5.69 Å². The quantitative estimate of drug-likeness (QED) is 0.704. The third-order valence-electron chi connectivity index (χ3n) is 4.55. The molecule has 0 aromatic heterocycles. The molecule has 3 rings (SSSR count). The van der Waals surface area contributed by atoms with Crippen LogP contribution in [0.5, 0.6) is 0 Å². The normalized spacial score (nSPS) is 25.6. The first-order chi connectivity index (χ1) is 9.67. The summed E-state index contributed by atoms with van der Waals surface area (Å²) in [5, 5.41) is 3.70. The van der Waals surface area contributed by atoms with Crippen LogP contribution < -0.4 is 5.32 Å². The Labute approximate surface area is 137 Å². The van der Waals surface area contributed by atoms with Gasteiger partial charge in [-0.1, -0.05) is 35.2 Å². The molecule has 1 spiro atoms. The highest BCUT2D eigenvalue weighted by molar-refractivity contribution is 9.11. The minimum Gasteiger partial charge on any atom is -0.381 e. The zero-order valence-corrected chi connectivity index (χ0v) is 14.8. The van der Waals surface area contributed by atoms with E-state index >= 15 is 0 Å². The van der Waals surface area contributed by atoms with Crippen molar-refractivity contribution >= 4 is 37.5 Å². The predicted octanol–water partition coefficient (Wildman–Crippen LogP) is 5.51. The molecule has 1 saturated carbocycles. The number of ether oxygens (including phenoxy) is 1. The summed E-state index contributed by atoms with van der Waals surface area (Å²) in [5.41, 5.74) is 1.35. The van der Waals surface area contributed by atoms with Crippen LogP contribution in [0.2, 0.25) is 0 Å². The highest BCUT2D eigenvalue weighted by Crippen LogP contribution is 2.39. The van der Waals surface area contributed by atoms with Crippen LogP contribution in [-0.2, 0) is 4.74 Å². The maximum Gasteiger partial charge on any atom is 0.0702 e. The van der Waals surface area contributed by atoms with Crippen LogP contribution in [0.1, 0.15) is 44.9 Å². The van der Waals surface area contributed by atoms with Gasteiger partial charge >= 0.3 is 0 Å². The highest BCUT2D eigenvalue weighted by atomic mass is 79.9. The lowest BCUT2D eigenvalue weighted by molar-refractivity contribution is -0.103. The summed E-state index contributed by atoms with van der Waals surface area (Å²) in [6.45, 7) is 0.895. The van der Waals surface area contributed by atoms with Crippen LogP contribution >= 0.6 is 31.9 Å². The van der Waals surface area contributed by atoms with Gasteiger partial charge < -0.3 is 10.1 Å². The van der Waals surface area contributed by atoms with Gasteiger partial charge in [0.15, 0.2) is 0 Å². The lowest BCUT2D eigenvalue weighted by Gasteiger charge is -2.44. The second-order valence-electron chi connectivity index (χ2n) is 6.05. The molecule has 1 heterocycles. The molecule has 2 aliphatic rings. The number of anilines is 1. The summed E-state index contributed by atoms with van der Waals surface area (Å²) in [6.07, 6.45) is 8.77. The van der Waals surface area contributed by atoms with E-state index in [9.17, 15) is 0 Å². The highest BCUT2D eigenvalue weighted by Gasteiger charge is 2.38. The first-order valence-electron chi connectivity index (χ1n) is 7.52. The smallest absolute Gasteiger partial charge is 0.0702 e. The first kappa shape index (κ1) is 14.9. The number of rotatable bonds is 2. The molecule has 0 amide bonds. The van der Waals surface area contributed by atoms with E-state index in [1.54, 1.807) is 0 Å². The molecule has 1 aliphatic heterocycles. The fourth-order valence-electron chi connectivity index (χ4n) is 3.52. The summed E-state index contributed by atoms with van der Waals surface area (Å²) in [6, 6.07) is 6.84. The Morgan fingerprint density at radius 1 is 1.15 bits per heavy atom. The van der Waals surface area contributed by atoms with E-state index in [2.05, 4.69) is 55.4 Å². The van der Waals surface area contributed by atoms with Crippen molar-refractivity contribution in [3.63, 3.8) is 0 Å². The van der Waals surface area contributed by atoms with E-state index in [1.807, 2.05) is 0 Å². The molecule has 110 valence electrons. The lowest BCUT2D eigenvalue weighted by atomic mass is 9.78. The maximum atomic E-state index is 6.16. The second kappa shape index (κ2) is 6.37. The predicted molar refractivity (Wildman–Crippen MR) is 90.3 cm³/mol. The summed E-state index contributed by atoms with van der Waals surface area (Å²) in [4.78, 5) is 0. The van der Waals surface area contributed by atoms with E-state index in [0.29, 0.717) is 6.04 Å². The van der Waals surface area contributed by atoms with Crippen LogP contribution in [0.15, 0.2) is 27.1 Å². The van der Waals surface area contributed by atoms with Crippen molar-refractivity contribution in [3.8, 4) is 0 Å². The molecule has 4 heteroatoms. The molecule has 0 bridgehead atoms. The second-order valence-corrected chi connectivity index (χ2v) is 7.82. The Balaban J connectivity index is 1.68.